The van der Waals surface area contributed by atoms with E-state index in [2.05, 4.69) is 11.9 Å². The topological polar surface area (TPSA) is 90.5 Å². The van der Waals surface area contributed by atoms with E-state index in [0.717, 1.165) is 19.3 Å². The van der Waals surface area contributed by atoms with Crippen molar-refractivity contribution in [1.29, 1.82) is 0 Å². The lowest BCUT2D eigenvalue weighted by Gasteiger charge is -2.17. The van der Waals surface area contributed by atoms with Gasteiger partial charge in [-0.2, -0.15) is 4.31 Å². The molecule has 1 fully saturated rings. The Labute approximate surface area is 125 Å². The highest BCUT2D eigenvalue weighted by molar-refractivity contribution is 7.89. The SMILES string of the molecule is CCCC1CCN(S(=O)(=O)c2c(C)[nH]c(C(=O)O)c2C)C1. The third kappa shape index (κ3) is 2.85. The minimum atomic E-state index is -3.63. The van der Waals surface area contributed by atoms with Gasteiger partial charge in [-0.15, -0.1) is 0 Å². The van der Waals surface area contributed by atoms with Gasteiger partial charge in [0.25, 0.3) is 0 Å². The van der Waals surface area contributed by atoms with Gasteiger partial charge in [0.05, 0.1) is 0 Å². The molecule has 1 atom stereocenters. The number of rotatable bonds is 5. The molecule has 1 aliphatic rings. The Balaban J connectivity index is 2.35. The van der Waals surface area contributed by atoms with Gasteiger partial charge in [-0.3, -0.25) is 0 Å². The van der Waals surface area contributed by atoms with E-state index < -0.39 is 16.0 Å². The molecule has 0 bridgehead atoms. The highest BCUT2D eigenvalue weighted by atomic mass is 32.2. The Kier molecular flexibility index (Phi) is 4.43. The second kappa shape index (κ2) is 5.81. The van der Waals surface area contributed by atoms with Gasteiger partial charge in [-0.05, 0) is 32.6 Å². The predicted molar refractivity (Wildman–Crippen MR) is 79.0 cm³/mol. The number of carboxylic acid groups (broad SMARTS) is 1. The quantitative estimate of drug-likeness (QED) is 0.871. The molecular weight excluding hydrogens is 292 g/mol. The molecule has 2 rings (SSSR count). The van der Waals surface area contributed by atoms with Crippen molar-refractivity contribution >= 4 is 16.0 Å². The van der Waals surface area contributed by atoms with Crippen molar-refractivity contribution in [3.63, 3.8) is 0 Å². The highest BCUT2D eigenvalue weighted by Gasteiger charge is 2.35. The average molecular weight is 314 g/mol. The Morgan fingerprint density at radius 3 is 2.62 bits per heavy atom. The van der Waals surface area contributed by atoms with Gasteiger partial charge < -0.3 is 10.1 Å². The monoisotopic (exact) mass is 314 g/mol. The molecular formula is C14H22N2O4S. The number of carbonyl (C=O) groups is 1. The van der Waals surface area contributed by atoms with Crippen molar-refractivity contribution in [3.8, 4) is 0 Å². The summed E-state index contributed by atoms with van der Waals surface area (Å²) in [7, 11) is -3.63. The predicted octanol–water partition coefficient (Wildman–Crippen LogP) is 2.14. The first kappa shape index (κ1) is 16.0. The Hall–Kier alpha value is -1.34. The van der Waals surface area contributed by atoms with Gasteiger partial charge >= 0.3 is 5.97 Å². The third-order valence-electron chi connectivity index (χ3n) is 4.13. The molecule has 0 aliphatic carbocycles. The first-order valence-electron chi connectivity index (χ1n) is 7.21. The van der Waals surface area contributed by atoms with Crippen LogP contribution in [0, 0.1) is 19.8 Å². The van der Waals surface area contributed by atoms with Crippen LogP contribution >= 0.6 is 0 Å². The van der Waals surface area contributed by atoms with Crippen LogP contribution in [0.25, 0.3) is 0 Å². The number of H-pyrrole nitrogens is 1. The maximum Gasteiger partial charge on any atom is 0.352 e. The molecule has 2 heterocycles. The van der Waals surface area contributed by atoms with Crippen LogP contribution in [-0.2, 0) is 10.0 Å². The van der Waals surface area contributed by atoms with Crippen LogP contribution in [-0.4, -0.2) is 41.9 Å². The smallest absolute Gasteiger partial charge is 0.352 e. The molecule has 1 aliphatic heterocycles. The summed E-state index contributed by atoms with van der Waals surface area (Å²) < 4.78 is 27.0. The van der Waals surface area contributed by atoms with E-state index in [0.29, 0.717) is 30.3 Å². The summed E-state index contributed by atoms with van der Waals surface area (Å²) in [6.45, 7) is 6.28. The van der Waals surface area contributed by atoms with Crippen LogP contribution in [0.1, 0.15) is 47.9 Å². The number of hydrogen-bond donors (Lipinski definition) is 2. The lowest BCUT2D eigenvalue weighted by molar-refractivity contribution is 0.0690. The summed E-state index contributed by atoms with van der Waals surface area (Å²) in [6.07, 6.45) is 2.95. The van der Waals surface area contributed by atoms with Gasteiger partial charge in [0, 0.05) is 24.3 Å². The molecule has 118 valence electrons. The van der Waals surface area contributed by atoms with E-state index in [4.69, 9.17) is 5.11 Å². The molecule has 0 spiro atoms. The first-order chi connectivity index (χ1) is 9.78. The summed E-state index contributed by atoms with van der Waals surface area (Å²) in [5.41, 5.74) is 0.637. The second-order valence-electron chi connectivity index (χ2n) is 5.69. The van der Waals surface area contributed by atoms with Crippen LogP contribution in [0.5, 0.6) is 0 Å². The summed E-state index contributed by atoms with van der Waals surface area (Å²) in [5, 5.41) is 9.11. The van der Waals surface area contributed by atoms with Crippen LogP contribution < -0.4 is 0 Å². The van der Waals surface area contributed by atoms with E-state index in [1.54, 1.807) is 13.8 Å². The molecule has 2 N–H and O–H groups in total. The van der Waals surface area contributed by atoms with Crippen LogP contribution in [0.15, 0.2) is 4.90 Å². The highest BCUT2D eigenvalue weighted by Crippen LogP contribution is 2.31. The lowest BCUT2D eigenvalue weighted by atomic mass is 10.0. The van der Waals surface area contributed by atoms with Crippen LogP contribution in [0.2, 0.25) is 0 Å². The normalized spacial score (nSPS) is 20.0. The van der Waals surface area contributed by atoms with Crippen molar-refractivity contribution in [1.82, 2.24) is 9.29 Å². The molecule has 21 heavy (non-hydrogen) atoms. The number of carboxylic acids is 1. The molecule has 1 saturated heterocycles. The summed E-state index contributed by atoms with van der Waals surface area (Å²) in [6, 6.07) is 0. The van der Waals surface area contributed by atoms with Gasteiger partial charge in [0.1, 0.15) is 10.6 Å². The zero-order valence-electron chi connectivity index (χ0n) is 12.6. The molecule has 0 radical (unpaired) electrons. The van der Waals surface area contributed by atoms with Gasteiger partial charge in [-0.1, -0.05) is 13.3 Å². The Bertz CT molecular complexity index is 648. The number of aromatic nitrogens is 1. The third-order valence-corrected chi connectivity index (χ3v) is 6.27. The zero-order chi connectivity index (χ0) is 15.8. The van der Waals surface area contributed by atoms with Crippen LogP contribution in [0.3, 0.4) is 0 Å². The van der Waals surface area contributed by atoms with E-state index in [1.165, 1.54) is 4.31 Å². The number of aromatic carboxylic acids is 1. The number of aryl methyl sites for hydroxylation is 1. The molecule has 1 unspecified atom stereocenters. The fourth-order valence-corrected chi connectivity index (χ4v) is 5.06. The molecule has 0 aromatic carbocycles. The average Bonchev–Trinajstić information content (AvgIpc) is 2.95. The van der Waals surface area contributed by atoms with Gasteiger partial charge in [-0.25, -0.2) is 13.2 Å². The summed E-state index contributed by atoms with van der Waals surface area (Å²) in [4.78, 5) is 13.9. The maximum absolute atomic E-state index is 12.8. The van der Waals surface area contributed by atoms with Gasteiger partial charge in [0.2, 0.25) is 10.0 Å². The first-order valence-corrected chi connectivity index (χ1v) is 8.65. The minimum absolute atomic E-state index is 0.0459. The Morgan fingerprint density at radius 1 is 1.43 bits per heavy atom. The minimum Gasteiger partial charge on any atom is -0.477 e. The number of hydrogen-bond acceptors (Lipinski definition) is 3. The second-order valence-corrected chi connectivity index (χ2v) is 7.57. The summed E-state index contributed by atoms with van der Waals surface area (Å²) >= 11 is 0. The van der Waals surface area contributed by atoms with Crippen molar-refractivity contribution in [2.24, 2.45) is 5.92 Å². The van der Waals surface area contributed by atoms with Crippen molar-refractivity contribution in [2.75, 3.05) is 13.1 Å². The summed E-state index contributed by atoms with van der Waals surface area (Å²) in [5.74, 6) is -0.731. The van der Waals surface area contributed by atoms with Crippen LogP contribution in [0.4, 0.5) is 0 Å². The van der Waals surface area contributed by atoms with E-state index in [1.807, 2.05) is 0 Å². The fraction of sp³-hybridized carbons (Fsp3) is 0.643. The van der Waals surface area contributed by atoms with Crippen molar-refractivity contribution in [2.45, 2.75) is 44.9 Å². The molecule has 1 aromatic heterocycles. The zero-order valence-corrected chi connectivity index (χ0v) is 13.5. The van der Waals surface area contributed by atoms with Gasteiger partial charge in [0.15, 0.2) is 0 Å². The molecule has 0 saturated carbocycles. The lowest BCUT2D eigenvalue weighted by Crippen LogP contribution is -2.29. The van der Waals surface area contributed by atoms with Crippen molar-refractivity contribution < 1.29 is 18.3 Å². The van der Waals surface area contributed by atoms with Crippen molar-refractivity contribution in [3.05, 3.63) is 17.0 Å². The number of nitrogens with zero attached hydrogens (tertiary/aromatic N) is 1. The molecule has 0 amide bonds. The molecule has 6 nitrogen and oxygen atoms in total. The maximum atomic E-state index is 12.8. The number of sulfonamides is 1. The van der Waals surface area contributed by atoms with E-state index in [-0.39, 0.29) is 10.6 Å². The number of aromatic amines is 1. The standard InChI is InChI=1S/C14H22N2O4S/c1-4-5-11-6-7-16(8-11)21(19,20)13-9(2)12(14(17)18)15-10(13)3/h11,15H,4-8H2,1-3H3,(H,17,18). The van der Waals surface area contributed by atoms with E-state index in [9.17, 15) is 13.2 Å². The largest absolute Gasteiger partial charge is 0.477 e. The number of nitrogens with one attached hydrogen (secondary N) is 1. The fourth-order valence-electron chi connectivity index (χ4n) is 3.12. The molecule has 7 heteroatoms. The van der Waals surface area contributed by atoms with E-state index >= 15 is 0 Å². The Morgan fingerprint density at radius 2 is 2.10 bits per heavy atom. The molecule has 1 aromatic rings.